The van der Waals surface area contributed by atoms with Gasteiger partial charge in [0.1, 0.15) is 5.75 Å². The summed E-state index contributed by atoms with van der Waals surface area (Å²) in [5.41, 5.74) is 6.93. The monoisotopic (exact) mass is 372 g/mol. The number of carbonyl (C=O) groups excluding carboxylic acids is 1. The predicted molar refractivity (Wildman–Crippen MR) is 114 cm³/mol. The van der Waals surface area contributed by atoms with Crippen molar-refractivity contribution in [3.63, 3.8) is 0 Å². The van der Waals surface area contributed by atoms with Gasteiger partial charge in [-0.3, -0.25) is 4.79 Å². The molecule has 1 amide bonds. The van der Waals surface area contributed by atoms with Gasteiger partial charge < -0.3 is 4.74 Å². The third-order valence-electron chi connectivity index (χ3n) is 4.34. The normalized spacial score (nSPS) is 11.0. The zero-order valence-corrected chi connectivity index (χ0v) is 16.1. The van der Waals surface area contributed by atoms with Gasteiger partial charge >= 0.3 is 0 Å². The minimum Gasteiger partial charge on any atom is -0.484 e. The molecule has 0 fully saturated rings. The molecule has 142 valence electrons. The first-order chi connectivity index (χ1) is 13.6. The highest BCUT2D eigenvalue weighted by Gasteiger charge is 2.03. The fourth-order valence-corrected chi connectivity index (χ4v) is 2.70. The minimum atomic E-state index is -0.301. The maximum absolute atomic E-state index is 11.9. The molecule has 1 N–H and O–H groups in total. The summed E-state index contributed by atoms with van der Waals surface area (Å²) in [6.07, 6.45) is 1.62. The van der Waals surface area contributed by atoms with Crippen LogP contribution in [-0.4, -0.2) is 18.7 Å². The molecule has 0 bridgehead atoms. The zero-order valence-electron chi connectivity index (χ0n) is 16.1. The van der Waals surface area contributed by atoms with Gasteiger partial charge in [-0.2, -0.15) is 5.10 Å². The first-order valence-electron chi connectivity index (χ1n) is 9.32. The number of amides is 1. The number of hydrogen-bond donors (Lipinski definition) is 1. The van der Waals surface area contributed by atoms with Gasteiger partial charge in [0.05, 0.1) is 6.21 Å². The smallest absolute Gasteiger partial charge is 0.277 e. The molecule has 4 heteroatoms. The average molecular weight is 372 g/mol. The molecule has 3 aromatic rings. The van der Waals surface area contributed by atoms with E-state index in [2.05, 4.69) is 36.5 Å². The molecule has 0 aromatic heterocycles. The molecular formula is C24H24N2O2. The lowest BCUT2D eigenvalue weighted by molar-refractivity contribution is -0.123. The van der Waals surface area contributed by atoms with Gasteiger partial charge in [-0.1, -0.05) is 80.6 Å². The molecule has 0 spiro atoms. The van der Waals surface area contributed by atoms with E-state index < -0.39 is 0 Å². The molecule has 3 aromatic carbocycles. The highest BCUT2D eigenvalue weighted by atomic mass is 16.5. The first kappa shape index (κ1) is 19.4. The molecule has 0 saturated heterocycles. The number of rotatable bonds is 7. The highest BCUT2D eigenvalue weighted by molar-refractivity contribution is 5.83. The van der Waals surface area contributed by atoms with Gasteiger partial charge in [0.25, 0.3) is 5.91 Å². The van der Waals surface area contributed by atoms with Gasteiger partial charge in [0, 0.05) is 0 Å². The number of benzene rings is 3. The van der Waals surface area contributed by atoms with E-state index in [1.165, 1.54) is 5.56 Å². The zero-order chi connectivity index (χ0) is 19.8. The summed E-state index contributed by atoms with van der Waals surface area (Å²) in [7, 11) is 0. The van der Waals surface area contributed by atoms with E-state index in [0.717, 1.165) is 16.7 Å². The summed E-state index contributed by atoms with van der Waals surface area (Å²) in [6.45, 7) is 4.19. The summed E-state index contributed by atoms with van der Waals surface area (Å²) < 4.78 is 5.48. The summed E-state index contributed by atoms with van der Waals surface area (Å²) in [4.78, 5) is 11.9. The Morgan fingerprint density at radius 1 is 0.929 bits per heavy atom. The van der Waals surface area contributed by atoms with Crippen LogP contribution in [0.1, 0.15) is 30.9 Å². The van der Waals surface area contributed by atoms with Crippen molar-refractivity contribution >= 4 is 12.1 Å². The van der Waals surface area contributed by atoms with E-state index in [9.17, 15) is 4.79 Å². The van der Waals surface area contributed by atoms with Gasteiger partial charge in [-0.25, -0.2) is 5.43 Å². The summed E-state index contributed by atoms with van der Waals surface area (Å²) in [5, 5.41) is 3.99. The number of nitrogens with zero attached hydrogens (tertiary/aromatic N) is 1. The molecule has 0 aliphatic carbocycles. The quantitative estimate of drug-likeness (QED) is 0.468. The lowest BCUT2D eigenvalue weighted by Crippen LogP contribution is -2.24. The minimum absolute atomic E-state index is 0.0781. The number of nitrogens with one attached hydrogen (secondary N) is 1. The summed E-state index contributed by atoms with van der Waals surface area (Å²) in [6, 6.07) is 25.9. The molecule has 0 atom stereocenters. The van der Waals surface area contributed by atoms with Crippen LogP contribution >= 0.6 is 0 Å². The van der Waals surface area contributed by atoms with Crippen LogP contribution in [0.5, 0.6) is 5.75 Å². The molecule has 28 heavy (non-hydrogen) atoms. The Kier molecular flexibility index (Phi) is 6.58. The molecule has 3 rings (SSSR count). The van der Waals surface area contributed by atoms with Crippen LogP contribution in [0.15, 0.2) is 84.0 Å². The predicted octanol–water partition coefficient (Wildman–Crippen LogP) is 5.01. The van der Waals surface area contributed by atoms with Crippen molar-refractivity contribution in [2.24, 2.45) is 5.10 Å². The van der Waals surface area contributed by atoms with E-state index in [-0.39, 0.29) is 12.5 Å². The molecule has 0 radical (unpaired) electrons. The van der Waals surface area contributed by atoms with Crippen molar-refractivity contribution < 1.29 is 9.53 Å². The SMILES string of the molecule is CC(C)c1ccc(OCC(=O)N/N=C/c2ccc(-c3ccccc3)cc2)cc1. The van der Waals surface area contributed by atoms with E-state index in [0.29, 0.717) is 11.7 Å². The lowest BCUT2D eigenvalue weighted by atomic mass is 10.0. The van der Waals surface area contributed by atoms with Crippen LogP contribution in [0.2, 0.25) is 0 Å². The van der Waals surface area contributed by atoms with Crippen molar-refractivity contribution in [2.75, 3.05) is 6.61 Å². The lowest BCUT2D eigenvalue weighted by Gasteiger charge is -2.08. The molecule has 0 aliphatic rings. The Labute approximate surface area is 165 Å². The van der Waals surface area contributed by atoms with Crippen molar-refractivity contribution in [1.29, 1.82) is 0 Å². The van der Waals surface area contributed by atoms with Crippen molar-refractivity contribution in [3.8, 4) is 16.9 Å². The van der Waals surface area contributed by atoms with E-state index in [1.807, 2.05) is 66.7 Å². The first-order valence-corrected chi connectivity index (χ1v) is 9.32. The Bertz CT molecular complexity index is 915. The van der Waals surface area contributed by atoms with Gasteiger partial charge in [0.2, 0.25) is 0 Å². The Hall–Kier alpha value is -3.40. The summed E-state index contributed by atoms with van der Waals surface area (Å²) >= 11 is 0. The van der Waals surface area contributed by atoms with Gasteiger partial charge in [-0.15, -0.1) is 0 Å². The number of hydrogen-bond acceptors (Lipinski definition) is 3. The van der Waals surface area contributed by atoms with Crippen molar-refractivity contribution in [1.82, 2.24) is 5.43 Å². The van der Waals surface area contributed by atoms with Crippen LogP contribution in [0.3, 0.4) is 0 Å². The fraction of sp³-hybridized carbons (Fsp3) is 0.167. The third-order valence-corrected chi connectivity index (χ3v) is 4.34. The van der Waals surface area contributed by atoms with E-state index in [4.69, 9.17) is 4.74 Å². The van der Waals surface area contributed by atoms with Crippen LogP contribution in [0, 0.1) is 0 Å². The molecule has 0 aliphatic heterocycles. The van der Waals surface area contributed by atoms with Crippen LogP contribution < -0.4 is 10.2 Å². The van der Waals surface area contributed by atoms with E-state index in [1.54, 1.807) is 6.21 Å². The number of carbonyl (C=O) groups is 1. The van der Waals surface area contributed by atoms with Crippen LogP contribution in [0.25, 0.3) is 11.1 Å². The number of ether oxygens (including phenoxy) is 1. The fourth-order valence-electron chi connectivity index (χ4n) is 2.70. The molecule has 4 nitrogen and oxygen atoms in total. The second-order valence-electron chi connectivity index (χ2n) is 6.79. The highest BCUT2D eigenvalue weighted by Crippen LogP contribution is 2.19. The summed E-state index contributed by atoms with van der Waals surface area (Å²) in [5.74, 6) is 0.832. The standard InChI is InChI=1S/C24H24N2O2/c1-18(2)20-12-14-23(15-13-20)28-17-24(27)26-25-16-19-8-10-22(11-9-19)21-6-4-3-5-7-21/h3-16,18H,17H2,1-2H3,(H,26,27)/b25-16+. The molecular weight excluding hydrogens is 348 g/mol. The Morgan fingerprint density at radius 3 is 2.21 bits per heavy atom. The molecule has 0 saturated carbocycles. The van der Waals surface area contributed by atoms with Gasteiger partial charge in [-0.05, 0) is 40.3 Å². The topological polar surface area (TPSA) is 50.7 Å². The van der Waals surface area contributed by atoms with Crippen LogP contribution in [-0.2, 0) is 4.79 Å². The largest absolute Gasteiger partial charge is 0.484 e. The second-order valence-corrected chi connectivity index (χ2v) is 6.79. The molecule has 0 heterocycles. The second kappa shape index (κ2) is 9.51. The van der Waals surface area contributed by atoms with Crippen LogP contribution in [0.4, 0.5) is 0 Å². The number of hydrazone groups is 1. The van der Waals surface area contributed by atoms with E-state index >= 15 is 0 Å². The Morgan fingerprint density at radius 2 is 1.57 bits per heavy atom. The Balaban J connectivity index is 1.47. The maximum Gasteiger partial charge on any atom is 0.277 e. The van der Waals surface area contributed by atoms with Crippen molar-refractivity contribution in [3.05, 3.63) is 90.0 Å². The molecule has 0 unspecified atom stereocenters. The van der Waals surface area contributed by atoms with Crippen molar-refractivity contribution in [2.45, 2.75) is 19.8 Å². The van der Waals surface area contributed by atoms with Gasteiger partial charge in [0.15, 0.2) is 6.61 Å². The average Bonchev–Trinajstić information content (AvgIpc) is 2.74. The maximum atomic E-state index is 11.9. The third kappa shape index (κ3) is 5.55.